The van der Waals surface area contributed by atoms with Crippen LogP contribution in [0.15, 0.2) is 60.7 Å². The van der Waals surface area contributed by atoms with Crippen LogP contribution in [0.3, 0.4) is 0 Å². The molecule has 2 fully saturated rings. The van der Waals surface area contributed by atoms with Gasteiger partial charge in [-0.3, -0.25) is 0 Å². The van der Waals surface area contributed by atoms with Crippen LogP contribution < -0.4 is 10.6 Å². The first-order valence-corrected chi connectivity index (χ1v) is 17.5. The predicted molar refractivity (Wildman–Crippen MR) is 160 cm³/mol. The Morgan fingerprint density at radius 2 is 1.15 bits per heavy atom. The van der Waals surface area contributed by atoms with E-state index in [1.807, 2.05) is 0 Å². The summed E-state index contributed by atoms with van der Waals surface area (Å²) in [6.07, 6.45) is 10.3. The standard InChI is InChI=1S/C32H50P2/c1-25(33(26-17-10-8-11-18-26)27-19-12-9-13-20-27)29-23-16-24-30(29)34(31(2,3)4,32(5,6)7)28-21-14-15-22-28/h8-13,17-20,25,28-30,34H,14-16,21-24H2,1-7H3/t25?,29-,30-/m0/s1. The normalized spacial score (nSPS) is 24.0. The molecule has 0 radical (unpaired) electrons. The van der Waals surface area contributed by atoms with E-state index in [9.17, 15) is 0 Å². The number of hydrogen-bond donors (Lipinski definition) is 0. The Kier molecular flexibility index (Phi) is 8.02. The van der Waals surface area contributed by atoms with E-state index in [4.69, 9.17) is 0 Å². The van der Waals surface area contributed by atoms with Crippen LogP contribution in [0, 0.1) is 5.92 Å². The molecule has 0 aliphatic heterocycles. The van der Waals surface area contributed by atoms with Gasteiger partial charge in [-0.15, -0.1) is 0 Å². The monoisotopic (exact) mass is 496 g/mol. The van der Waals surface area contributed by atoms with E-state index in [1.54, 1.807) is 10.6 Å². The van der Waals surface area contributed by atoms with E-state index in [-0.39, 0.29) is 7.92 Å². The third kappa shape index (κ3) is 4.69. The maximum atomic E-state index is 2.65. The summed E-state index contributed by atoms with van der Waals surface area (Å²) in [4.78, 5) is 0. The molecule has 2 aromatic carbocycles. The van der Waals surface area contributed by atoms with Crippen molar-refractivity contribution in [2.24, 2.45) is 5.92 Å². The Labute approximate surface area is 212 Å². The molecule has 3 atom stereocenters. The molecule has 4 rings (SSSR count). The first-order valence-electron chi connectivity index (χ1n) is 14.0. The van der Waals surface area contributed by atoms with Crippen LogP contribution in [0.1, 0.15) is 93.4 Å². The third-order valence-corrected chi connectivity index (χ3v) is 21.4. The molecule has 2 aliphatic rings. The van der Waals surface area contributed by atoms with Gasteiger partial charge in [-0.1, -0.05) is 0 Å². The Morgan fingerprint density at radius 1 is 0.676 bits per heavy atom. The van der Waals surface area contributed by atoms with Crippen molar-refractivity contribution in [2.45, 2.75) is 121 Å². The Morgan fingerprint density at radius 3 is 1.59 bits per heavy atom. The fraction of sp³-hybridized carbons (Fsp3) is 0.625. The van der Waals surface area contributed by atoms with Gasteiger partial charge in [0.05, 0.1) is 0 Å². The van der Waals surface area contributed by atoms with Gasteiger partial charge in [0, 0.05) is 0 Å². The molecule has 1 unspecified atom stereocenters. The fourth-order valence-corrected chi connectivity index (χ4v) is 23.0. The van der Waals surface area contributed by atoms with Crippen LogP contribution in [0.25, 0.3) is 0 Å². The van der Waals surface area contributed by atoms with Crippen molar-refractivity contribution in [3.05, 3.63) is 60.7 Å². The van der Waals surface area contributed by atoms with E-state index in [0.717, 1.165) is 22.9 Å². The molecule has 0 aromatic heterocycles. The van der Waals surface area contributed by atoms with Gasteiger partial charge in [0.25, 0.3) is 0 Å². The summed E-state index contributed by atoms with van der Waals surface area (Å²) in [7, 11) is -2.05. The van der Waals surface area contributed by atoms with Crippen LogP contribution in [0.5, 0.6) is 0 Å². The molecule has 2 aliphatic carbocycles. The summed E-state index contributed by atoms with van der Waals surface area (Å²) >= 11 is 0. The van der Waals surface area contributed by atoms with Gasteiger partial charge in [-0.25, -0.2) is 0 Å². The van der Waals surface area contributed by atoms with Gasteiger partial charge >= 0.3 is 213 Å². The summed E-state index contributed by atoms with van der Waals surface area (Å²) in [6.45, 7) is 18.6. The summed E-state index contributed by atoms with van der Waals surface area (Å²) in [5.74, 6) is 0.859. The first-order chi connectivity index (χ1) is 16.1. The molecule has 2 aromatic rings. The Hall–Kier alpha value is -0.700. The van der Waals surface area contributed by atoms with Crippen molar-refractivity contribution in [1.29, 1.82) is 0 Å². The second-order valence-electron chi connectivity index (χ2n) is 13.3. The topological polar surface area (TPSA) is 0 Å². The van der Waals surface area contributed by atoms with Crippen molar-refractivity contribution in [2.75, 3.05) is 0 Å². The van der Waals surface area contributed by atoms with Gasteiger partial charge in [-0.2, -0.15) is 0 Å². The zero-order chi connectivity index (χ0) is 24.6. The molecule has 188 valence electrons. The van der Waals surface area contributed by atoms with Crippen molar-refractivity contribution in [3.63, 3.8) is 0 Å². The second kappa shape index (κ2) is 10.3. The summed E-state index contributed by atoms with van der Waals surface area (Å²) in [5.41, 5.74) is 2.68. The van der Waals surface area contributed by atoms with Gasteiger partial charge in [0.1, 0.15) is 0 Å². The summed E-state index contributed by atoms with van der Waals surface area (Å²) < 4.78 is 0. The zero-order valence-corrected chi connectivity index (χ0v) is 24.9. The van der Waals surface area contributed by atoms with E-state index >= 15 is 0 Å². The molecular formula is C32H50P2. The Balaban J connectivity index is 1.81. The number of hydrogen-bond acceptors (Lipinski definition) is 0. The quantitative estimate of drug-likeness (QED) is 0.350. The van der Waals surface area contributed by atoms with E-state index in [2.05, 4.69) is 109 Å². The number of benzene rings is 2. The molecule has 0 saturated heterocycles. The van der Waals surface area contributed by atoms with Crippen LogP contribution in [0.2, 0.25) is 0 Å². The van der Waals surface area contributed by atoms with Gasteiger partial charge in [-0.05, 0) is 0 Å². The molecule has 0 heterocycles. The molecule has 2 heteroatoms. The molecule has 0 nitrogen and oxygen atoms in total. The number of rotatable bonds is 6. The maximum absolute atomic E-state index is 2.65. The van der Waals surface area contributed by atoms with Crippen LogP contribution in [-0.4, -0.2) is 27.3 Å². The van der Waals surface area contributed by atoms with Crippen molar-refractivity contribution < 1.29 is 0 Å². The Bertz CT molecular complexity index is 846. The molecule has 0 N–H and O–H groups in total. The average molecular weight is 497 g/mol. The molecular weight excluding hydrogens is 446 g/mol. The summed E-state index contributed by atoms with van der Waals surface area (Å²) in [6, 6.07) is 23.0. The van der Waals surface area contributed by atoms with Crippen molar-refractivity contribution in [1.82, 2.24) is 0 Å². The van der Waals surface area contributed by atoms with Crippen LogP contribution in [-0.2, 0) is 0 Å². The SMILES string of the molecule is CC([C@@H]1CCC[C@@H]1[PH](C1CCCC1)(C(C)(C)C)C(C)(C)C)P(c1ccccc1)c1ccccc1. The molecule has 0 spiro atoms. The molecule has 0 amide bonds. The van der Waals surface area contributed by atoms with Crippen molar-refractivity contribution >= 4 is 25.8 Å². The minimum atomic E-state index is -1.70. The summed E-state index contributed by atoms with van der Waals surface area (Å²) in [5, 5.41) is 4.02. The van der Waals surface area contributed by atoms with E-state index in [0.29, 0.717) is 10.3 Å². The minimum absolute atomic E-state index is 0.359. The van der Waals surface area contributed by atoms with Gasteiger partial charge in [0.2, 0.25) is 0 Å². The molecule has 2 saturated carbocycles. The van der Waals surface area contributed by atoms with Crippen LogP contribution in [0.4, 0.5) is 0 Å². The predicted octanol–water partition coefficient (Wildman–Crippen LogP) is 8.97. The fourth-order valence-electron chi connectivity index (χ4n) is 9.27. The van der Waals surface area contributed by atoms with E-state index in [1.165, 1.54) is 44.9 Å². The van der Waals surface area contributed by atoms with Gasteiger partial charge < -0.3 is 0 Å². The van der Waals surface area contributed by atoms with Crippen molar-refractivity contribution in [3.8, 4) is 0 Å². The second-order valence-corrected chi connectivity index (χ2v) is 22.2. The first kappa shape index (κ1) is 26.4. The van der Waals surface area contributed by atoms with E-state index < -0.39 is 7.26 Å². The third-order valence-electron chi connectivity index (χ3n) is 9.73. The zero-order valence-electron chi connectivity index (χ0n) is 23.0. The van der Waals surface area contributed by atoms with Crippen LogP contribution >= 0.6 is 15.2 Å². The van der Waals surface area contributed by atoms with Gasteiger partial charge in [0.15, 0.2) is 0 Å². The molecule has 0 bridgehead atoms. The molecule has 34 heavy (non-hydrogen) atoms. The average Bonchev–Trinajstić information content (AvgIpc) is 3.47.